The summed E-state index contributed by atoms with van der Waals surface area (Å²) in [5.74, 6) is 0.771. The second-order valence-electron chi connectivity index (χ2n) is 7.24. The molecule has 0 aliphatic rings. The lowest BCUT2D eigenvalue weighted by Gasteiger charge is -2.13. The van der Waals surface area contributed by atoms with E-state index in [0.29, 0.717) is 12.3 Å². The van der Waals surface area contributed by atoms with E-state index in [4.69, 9.17) is 4.74 Å². The van der Waals surface area contributed by atoms with Crippen LogP contribution in [0, 0.1) is 6.92 Å². The highest BCUT2D eigenvalue weighted by Gasteiger charge is 2.13. The van der Waals surface area contributed by atoms with Gasteiger partial charge in [0.25, 0.3) is 0 Å². The average Bonchev–Trinajstić information content (AvgIpc) is 3.11. The second-order valence-corrected chi connectivity index (χ2v) is 7.24. The minimum Gasteiger partial charge on any atom is -0.489 e. The largest absolute Gasteiger partial charge is 0.489 e. The zero-order valence-electron chi connectivity index (χ0n) is 17.4. The Morgan fingerprint density at radius 1 is 0.933 bits per heavy atom. The van der Waals surface area contributed by atoms with Crippen LogP contribution in [0.4, 0.5) is 0 Å². The van der Waals surface area contributed by atoms with Gasteiger partial charge in [-0.3, -0.25) is 0 Å². The van der Waals surface area contributed by atoms with Crippen LogP contribution in [0.3, 0.4) is 0 Å². The summed E-state index contributed by atoms with van der Waals surface area (Å²) in [5.41, 5.74) is 5.89. The zero-order valence-corrected chi connectivity index (χ0v) is 17.4. The molecular weight excluding hydrogens is 376 g/mol. The van der Waals surface area contributed by atoms with Crippen molar-refractivity contribution in [3.8, 4) is 22.6 Å². The van der Waals surface area contributed by atoms with Crippen LogP contribution in [0.1, 0.15) is 23.6 Å². The highest BCUT2D eigenvalue weighted by Crippen LogP contribution is 2.26. The molecule has 0 atom stereocenters. The fourth-order valence-corrected chi connectivity index (χ4v) is 3.39. The molecule has 4 rings (SSSR count). The van der Waals surface area contributed by atoms with Gasteiger partial charge in [-0.25, -0.2) is 4.79 Å². The van der Waals surface area contributed by atoms with Gasteiger partial charge in [-0.2, -0.15) is 9.36 Å². The Morgan fingerprint density at radius 2 is 1.70 bits per heavy atom. The van der Waals surface area contributed by atoms with Gasteiger partial charge >= 0.3 is 5.69 Å². The maximum Gasteiger partial charge on any atom is 0.368 e. The fraction of sp³-hybridized carbons (Fsp3) is 0.208. The van der Waals surface area contributed by atoms with Crippen LogP contribution >= 0.6 is 0 Å². The fourth-order valence-electron chi connectivity index (χ4n) is 3.39. The predicted octanol–water partition coefficient (Wildman–Crippen LogP) is 4.08. The van der Waals surface area contributed by atoms with Gasteiger partial charge in [-0.05, 0) is 64.2 Å². The number of nitrogens with zero attached hydrogens (tertiary/aromatic N) is 4. The Morgan fingerprint density at radius 3 is 2.40 bits per heavy atom. The minimum atomic E-state index is -0.292. The van der Waals surface area contributed by atoms with E-state index < -0.39 is 0 Å². The van der Waals surface area contributed by atoms with E-state index in [-0.39, 0.29) is 5.69 Å². The molecule has 6 nitrogen and oxygen atoms in total. The molecule has 0 spiro atoms. The number of benzene rings is 3. The summed E-state index contributed by atoms with van der Waals surface area (Å²) in [5, 5.41) is 7.79. The molecule has 152 valence electrons. The van der Waals surface area contributed by atoms with Crippen LogP contribution < -0.4 is 10.4 Å². The smallest absolute Gasteiger partial charge is 0.368 e. The third kappa shape index (κ3) is 3.89. The van der Waals surface area contributed by atoms with Crippen molar-refractivity contribution in [2.75, 3.05) is 0 Å². The third-order valence-electron chi connectivity index (χ3n) is 5.25. The van der Waals surface area contributed by atoms with E-state index in [0.717, 1.165) is 34.4 Å². The zero-order chi connectivity index (χ0) is 21.1. The van der Waals surface area contributed by atoms with Gasteiger partial charge in [-0.1, -0.05) is 55.5 Å². The van der Waals surface area contributed by atoms with Gasteiger partial charge in [-0.15, -0.1) is 0 Å². The van der Waals surface area contributed by atoms with Crippen molar-refractivity contribution in [3.63, 3.8) is 0 Å². The Balaban J connectivity index is 1.60. The highest BCUT2D eigenvalue weighted by atomic mass is 16.5. The Hall–Kier alpha value is -3.67. The summed E-state index contributed by atoms with van der Waals surface area (Å²) in [7, 11) is 1.58. The Kier molecular flexibility index (Phi) is 5.48. The first kappa shape index (κ1) is 19.6. The molecule has 3 aromatic carbocycles. The van der Waals surface area contributed by atoms with Crippen molar-refractivity contribution in [3.05, 3.63) is 93.9 Å². The number of aromatic nitrogens is 4. The molecule has 0 N–H and O–H groups in total. The topological polar surface area (TPSA) is 61.9 Å². The van der Waals surface area contributed by atoms with E-state index in [9.17, 15) is 4.79 Å². The van der Waals surface area contributed by atoms with E-state index >= 15 is 0 Å². The van der Waals surface area contributed by atoms with Crippen LogP contribution in [0.2, 0.25) is 0 Å². The molecule has 30 heavy (non-hydrogen) atoms. The van der Waals surface area contributed by atoms with E-state index in [2.05, 4.69) is 47.7 Å². The number of ether oxygens (including phenoxy) is 1. The van der Waals surface area contributed by atoms with E-state index in [1.165, 1.54) is 14.9 Å². The van der Waals surface area contributed by atoms with Crippen LogP contribution in [0.5, 0.6) is 5.75 Å². The monoisotopic (exact) mass is 400 g/mol. The molecule has 0 saturated carbocycles. The lowest BCUT2D eigenvalue weighted by molar-refractivity contribution is 0.305. The molecule has 0 saturated heterocycles. The number of rotatable bonds is 6. The van der Waals surface area contributed by atoms with Gasteiger partial charge in [0.05, 0.1) is 5.69 Å². The summed E-state index contributed by atoms with van der Waals surface area (Å²) in [4.78, 5) is 12.3. The lowest BCUT2D eigenvalue weighted by Crippen LogP contribution is -2.23. The molecule has 0 bridgehead atoms. The first-order valence-corrected chi connectivity index (χ1v) is 9.97. The molecule has 0 aliphatic carbocycles. The van der Waals surface area contributed by atoms with Crippen molar-refractivity contribution in [2.45, 2.75) is 26.9 Å². The first-order chi connectivity index (χ1) is 14.6. The van der Waals surface area contributed by atoms with Crippen molar-refractivity contribution in [1.29, 1.82) is 0 Å². The third-order valence-corrected chi connectivity index (χ3v) is 5.25. The molecule has 4 aromatic rings. The van der Waals surface area contributed by atoms with E-state index in [1.54, 1.807) is 7.05 Å². The van der Waals surface area contributed by atoms with Gasteiger partial charge < -0.3 is 4.74 Å². The Labute approximate surface area is 175 Å². The SMILES string of the molecule is CCc1ccc(-c2cccc(OCc3c(C)cccc3-n3nnn(C)c3=O)c2)cc1. The van der Waals surface area contributed by atoms with Gasteiger partial charge in [0.1, 0.15) is 12.4 Å². The summed E-state index contributed by atoms with van der Waals surface area (Å²) in [6, 6.07) is 22.4. The summed E-state index contributed by atoms with van der Waals surface area (Å²) in [6.45, 7) is 4.47. The minimum absolute atomic E-state index is 0.292. The Bertz CT molecular complexity index is 1220. The molecule has 0 fully saturated rings. The van der Waals surface area contributed by atoms with E-state index in [1.807, 2.05) is 43.3 Å². The quantitative estimate of drug-likeness (QED) is 0.489. The van der Waals surface area contributed by atoms with Crippen molar-refractivity contribution in [2.24, 2.45) is 7.05 Å². The number of hydrogen-bond donors (Lipinski definition) is 0. The lowest BCUT2D eigenvalue weighted by atomic mass is 10.0. The maximum atomic E-state index is 12.3. The normalized spacial score (nSPS) is 10.9. The number of hydrogen-bond acceptors (Lipinski definition) is 4. The maximum absolute atomic E-state index is 12.3. The molecule has 0 amide bonds. The number of tetrazole rings is 1. The number of aryl methyl sites for hydroxylation is 3. The van der Waals surface area contributed by atoms with Crippen molar-refractivity contribution >= 4 is 0 Å². The molecule has 0 radical (unpaired) electrons. The summed E-state index contributed by atoms with van der Waals surface area (Å²) < 4.78 is 8.63. The van der Waals surface area contributed by atoms with Gasteiger partial charge in [0.15, 0.2) is 0 Å². The van der Waals surface area contributed by atoms with Gasteiger partial charge in [0, 0.05) is 12.6 Å². The molecule has 0 unspecified atom stereocenters. The van der Waals surface area contributed by atoms with Crippen LogP contribution in [-0.4, -0.2) is 19.8 Å². The van der Waals surface area contributed by atoms with Crippen molar-refractivity contribution in [1.82, 2.24) is 19.8 Å². The highest BCUT2D eigenvalue weighted by molar-refractivity contribution is 5.65. The van der Waals surface area contributed by atoms with Crippen molar-refractivity contribution < 1.29 is 4.74 Å². The molecule has 0 aliphatic heterocycles. The molecule has 6 heteroatoms. The average molecular weight is 400 g/mol. The van der Waals surface area contributed by atoms with Crippen LogP contribution in [-0.2, 0) is 20.1 Å². The first-order valence-electron chi connectivity index (χ1n) is 9.97. The second kappa shape index (κ2) is 8.37. The van der Waals surface area contributed by atoms with Crippen LogP contribution in [0.15, 0.2) is 71.5 Å². The van der Waals surface area contributed by atoms with Crippen LogP contribution in [0.25, 0.3) is 16.8 Å². The summed E-state index contributed by atoms with van der Waals surface area (Å²) >= 11 is 0. The van der Waals surface area contributed by atoms with Gasteiger partial charge in [0.2, 0.25) is 0 Å². The summed E-state index contributed by atoms with van der Waals surface area (Å²) in [6.07, 6.45) is 1.02. The predicted molar refractivity (Wildman–Crippen MR) is 117 cm³/mol. The molecule has 1 aromatic heterocycles. The standard InChI is InChI=1S/C24H24N4O2/c1-4-18-11-13-19(14-12-18)20-8-6-9-21(15-20)30-16-22-17(2)7-5-10-23(22)28-24(29)27(3)25-26-28/h5-15H,4,16H2,1-3H3. The molecule has 1 heterocycles. The molecular formula is C24H24N4O2.